The number of aliphatic hydroxyl groups excluding tert-OH is 1. The van der Waals surface area contributed by atoms with E-state index in [1.807, 2.05) is 18.5 Å². The number of benzene rings is 1. The van der Waals surface area contributed by atoms with Crippen LogP contribution in [0.3, 0.4) is 0 Å². The van der Waals surface area contributed by atoms with Crippen molar-refractivity contribution in [1.82, 2.24) is 14.7 Å². The summed E-state index contributed by atoms with van der Waals surface area (Å²) in [6.45, 7) is 8.70. The number of hydrogen-bond acceptors (Lipinski definition) is 3. The van der Waals surface area contributed by atoms with Crippen LogP contribution >= 0.6 is 0 Å². The minimum Gasteiger partial charge on any atom is -0.394 e. The fourth-order valence-corrected chi connectivity index (χ4v) is 2.89. The van der Waals surface area contributed by atoms with Crippen LogP contribution in [0, 0.1) is 20.8 Å². The highest BCUT2D eigenvalue weighted by Crippen LogP contribution is 2.17. The number of likely N-dealkylation sites (N-methyl/N-ethyl adjacent to an activating group) is 1. The van der Waals surface area contributed by atoms with Gasteiger partial charge in [0.05, 0.1) is 24.9 Å². The average molecular weight is 343 g/mol. The molecule has 1 amide bonds. The van der Waals surface area contributed by atoms with Crippen molar-refractivity contribution in [3.8, 4) is 0 Å². The van der Waals surface area contributed by atoms with E-state index in [4.69, 9.17) is 0 Å². The molecular weight excluding hydrogens is 314 g/mol. The van der Waals surface area contributed by atoms with Crippen molar-refractivity contribution >= 4 is 5.91 Å². The first-order valence-electron chi connectivity index (χ1n) is 8.78. The highest BCUT2D eigenvalue weighted by Gasteiger charge is 2.17. The number of amides is 1. The first-order valence-corrected chi connectivity index (χ1v) is 8.78. The zero-order chi connectivity index (χ0) is 18.6. The lowest BCUT2D eigenvalue weighted by molar-refractivity contribution is -0.132. The topological polar surface area (TPSA) is 58.4 Å². The molecule has 5 nitrogen and oxygen atoms in total. The Morgan fingerprint density at radius 3 is 2.48 bits per heavy atom. The summed E-state index contributed by atoms with van der Waals surface area (Å²) >= 11 is 0. The van der Waals surface area contributed by atoms with Crippen molar-refractivity contribution in [2.24, 2.45) is 0 Å². The van der Waals surface area contributed by atoms with Gasteiger partial charge >= 0.3 is 0 Å². The molecule has 1 heterocycles. The normalized spacial score (nSPS) is 12.2. The molecule has 0 aliphatic heterocycles. The van der Waals surface area contributed by atoms with Crippen molar-refractivity contribution in [3.63, 3.8) is 0 Å². The maximum Gasteiger partial charge on any atom is 0.222 e. The van der Waals surface area contributed by atoms with Crippen LogP contribution in [0.25, 0.3) is 0 Å². The van der Waals surface area contributed by atoms with Crippen LogP contribution in [-0.4, -0.2) is 45.4 Å². The molecule has 0 aliphatic carbocycles. The van der Waals surface area contributed by atoms with Gasteiger partial charge < -0.3 is 10.0 Å². The van der Waals surface area contributed by atoms with Crippen LogP contribution in [0.1, 0.15) is 41.4 Å². The second-order valence-corrected chi connectivity index (χ2v) is 6.83. The number of nitrogens with zero attached hydrogens (tertiary/aromatic N) is 3. The molecule has 1 atom stereocenters. The van der Waals surface area contributed by atoms with Crippen LogP contribution in [0.15, 0.2) is 24.3 Å². The Labute approximate surface area is 150 Å². The number of hydrogen-bond donors (Lipinski definition) is 1. The second kappa shape index (κ2) is 8.30. The van der Waals surface area contributed by atoms with Gasteiger partial charge in [-0.05, 0) is 45.2 Å². The van der Waals surface area contributed by atoms with Crippen molar-refractivity contribution in [1.29, 1.82) is 0 Å². The Kier molecular flexibility index (Phi) is 6.37. The van der Waals surface area contributed by atoms with Crippen LogP contribution < -0.4 is 0 Å². The molecule has 2 aromatic rings. The number of aliphatic hydroxyl groups is 1. The van der Waals surface area contributed by atoms with Gasteiger partial charge in [-0.1, -0.05) is 29.8 Å². The summed E-state index contributed by atoms with van der Waals surface area (Å²) in [4.78, 5) is 13.9. The van der Waals surface area contributed by atoms with E-state index in [-0.39, 0.29) is 18.6 Å². The van der Waals surface area contributed by atoms with Crippen LogP contribution in [0.4, 0.5) is 0 Å². The molecule has 0 saturated heterocycles. The summed E-state index contributed by atoms with van der Waals surface area (Å²) in [5.41, 5.74) is 5.71. The van der Waals surface area contributed by atoms with Crippen molar-refractivity contribution in [2.45, 2.75) is 53.1 Å². The third kappa shape index (κ3) is 4.69. The van der Waals surface area contributed by atoms with E-state index in [9.17, 15) is 9.90 Å². The molecule has 5 heteroatoms. The van der Waals surface area contributed by atoms with Crippen molar-refractivity contribution in [2.75, 3.05) is 13.7 Å². The Morgan fingerprint density at radius 2 is 1.88 bits per heavy atom. The number of aryl methyl sites for hydroxylation is 2. The lowest BCUT2D eigenvalue weighted by atomic mass is 10.1. The minimum absolute atomic E-state index is 0.0191. The highest BCUT2D eigenvalue weighted by molar-refractivity contribution is 5.76. The predicted molar refractivity (Wildman–Crippen MR) is 99.6 cm³/mol. The van der Waals surface area contributed by atoms with E-state index in [0.29, 0.717) is 12.8 Å². The standard InChI is InChI=1S/C20H29N3O2/c1-14-6-8-18(9-7-14)12-23-17(4)19(16(3)21-23)10-11-20(25)22(5)15(2)13-24/h6-9,15,24H,10-13H2,1-5H3. The first kappa shape index (κ1) is 19.2. The summed E-state index contributed by atoms with van der Waals surface area (Å²) < 4.78 is 2.01. The van der Waals surface area contributed by atoms with Gasteiger partial charge in [-0.25, -0.2) is 0 Å². The summed E-state index contributed by atoms with van der Waals surface area (Å²) in [6, 6.07) is 8.32. The SMILES string of the molecule is Cc1ccc(Cn2nc(C)c(CCC(=O)N(C)C(C)CO)c2C)cc1. The van der Waals surface area contributed by atoms with Gasteiger partial charge in [0.1, 0.15) is 0 Å². The Bertz CT molecular complexity index is 719. The Balaban J connectivity index is 2.06. The van der Waals surface area contributed by atoms with Crippen LogP contribution in [-0.2, 0) is 17.8 Å². The molecule has 136 valence electrons. The van der Waals surface area contributed by atoms with E-state index in [2.05, 4.69) is 43.2 Å². The summed E-state index contributed by atoms with van der Waals surface area (Å²) in [5.74, 6) is 0.0478. The molecule has 0 spiro atoms. The summed E-state index contributed by atoms with van der Waals surface area (Å²) in [7, 11) is 1.74. The zero-order valence-corrected chi connectivity index (χ0v) is 15.9. The monoisotopic (exact) mass is 343 g/mol. The molecular formula is C20H29N3O2. The van der Waals surface area contributed by atoms with Crippen LogP contribution in [0.2, 0.25) is 0 Å². The largest absolute Gasteiger partial charge is 0.394 e. The van der Waals surface area contributed by atoms with Gasteiger partial charge in [0.2, 0.25) is 5.91 Å². The molecule has 0 fully saturated rings. The van der Waals surface area contributed by atoms with Gasteiger partial charge in [0.15, 0.2) is 0 Å². The van der Waals surface area contributed by atoms with E-state index in [1.54, 1.807) is 11.9 Å². The Hall–Kier alpha value is -2.14. The average Bonchev–Trinajstić information content (AvgIpc) is 2.86. The molecule has 0 bridgehead atoms. The maximum atomic E-state index is 12.3. The van der Waals surface area contributed by atoms with Gasteiger partial charge in [-0.15, -0.1) is 0 Å². The summed E-state index contributed by atoms with van der Waals surface area (Å²) in [5, 5.41) is 13.8. The molecule has 2 rings (SSSR count). The maximum absolute atomic E-state index is 12.3. The number of carbonyl (C=O) groups is 1. The molecule has 0 aliphatic rings. The minimum atomic E-state index is -0.154. The third-order valence-corrected chi connectivity index (χ3v) is 4.89. The van der Waals surface area contributed by atoms with Gasteiger partial charge in [-0.2, -0.15) is 5.10 Å². The molecule has 1 aromatic carbocycles. The fourth-order valence-electron chi connectivity index (χ4n) is 2.89. The predicted octanol–water partition coefficient (Wildman–Crippen LogP) is 2.63. The number of carbonyl (C=O) groups excluding carboxylic acids is 1. The molecule has 1 aromatic heterocycles. The number of aromatic nitrogens is 2. The van der Waals surface area contributed by atoms with Gasteiger partial charge in [-0.3, -0.25) is 9.48 Å². The van der Waals surface area contributed by atoms with E-state index >= 15 is 0 Å². The lowest BCUT2D eigenvalue weighted by Crippen LogP contribution is -2.37. The Morgan fingerprint density at radius 1 is 1.24 bits per heavy atom. The van der Waals surface area contributed by atoms with Gasteiger partial charge in [0.25, 0.3) is 0 Å². The van der Waals surface area contributed by atoms with E-state index in [1.165, 1.54) is 11.1 Å². The van der Waals surface area contributed by atoms with Crippen molar-refractivity contribution < 1.29 is 9.90 Å². The smallest absolute Gasteiger partial charge is 0.222 e. The van der Waals surface area contributed by atoms with Crippen LogP contribution in [0.5, 0.6) is 0 Å². The van der Waals surface area contributed by atoms with E-state index in [0.717, 1.165) is 23.5 Å². The molecule has 0 radical (unpaired) electrons. The zero-order valence-electron chi connectivity index (χ0n) is 15.9. The molecule has 1 unspecified atom stereocenters. The van der Waals surface area contributed by atoms with Gasteiger partial charge in [0, 0.05) is 19.2 Å². The third-order valence-electron chi connectivity index (χ3n) is 4.89. The molecule has 25 heavy (non-hydrogen) atoms. The quantitative estimate of drug-likeness (QED) is 0.841. The highest BCUT2D eigenvalue weighted by atomic mass is 16.3. The molecule has 0 saturated carbocycles. The lowest BCUT2D eigenvalue weighted by Gasteiger charge is -2.23. The molecule has 1 N–H and O–H groups in total. The van der Waals surface area contributed by atoms with E-state index < -0.39 is 0 Å². The number of rotatable bonds is 7. The fraction of sp³-hybridized carbons (Fsp3) is 0.500. The summed E-state index contributed by atoms with van der Waals surface area (Å²) in [6.07, 6.45) is 1.10. The first-order chi connectivity index (χ1) is 11.8. The van der Waals surface area contributed by atoms with Crippen molar-refractivity contribution in [3.05, 3.63) is 52.3 Å². The second-order valence-electron chi connectivity index (χ2n) is 6.83.